The minimum absolute atomic E-state index is 0.101. The van der Waals surface area contributed by atoms with Gasteiger partial charge in [0.05, 0.1) is 10.6 Å². The first-order chi connectivity index (χ1) is 9.94. The third-order valence-electron chi connectivity index (χ3n) is 3.02. The Morgan fingerprint density at radius 2 is 1.90 bits per heavy atom. The van der Waals surface area contributed by atoms with Gasteiger partial charge in [0, 0.05) is 12.3 Å². The molecule has 112 valence electrons. The van der Waals surface area contributed by atoms with Crippen LogP contribution in [0.1, 0.15) is 25.3 Å². The van der Waals surface area contributed by atoms with Gasteiger partial charge in [-0.3, -0.25) is 4.72 Å². The molecular formula is C14H18N4O2S. The Labute approximate surface area is 124 Å². The molecule has 0 aliphatic carbocycles. The maximum atomic E-state index is 12.4. The minimum atomic E-state index is -3.69. The Balaban J connectivity index is 2.38. The van der Waals surface area contributed by atoms with Gasteiger partial charge in [0.25, 0.3) is 10.0 Å². The summed E-state index contributed by atoms with van der Waals surface area (Å²) in [7, 11) is -3.69. The number of hydrazine groups is 1. The van der Waals surface area contributed by atoms with E-state index >= 15 is 0 Å². The molecule has 0 saturated heterocycles. The average molecular weight is 306 g/mol. The number of nitrogens with one attached hydrogen (secondary N) is 2. The summed E-state index contributed by atoms with van der Waals surface area (Å²) in [5.41, 5.74) is 3.84. The molecule has 0 aliphatic rings. The summed E-state index contributed by atoms with van der Waals surface area (Å²) >= 11 is 0. The lowest BCUT2D eigenvalue weighted by molar-refractivity contribution is 0.601. The summed E-state index contributed by atoms with van der Waals surface area (Å²) in [4.78, 5) is 4.00. The Hall–Kier alpha value is -2.12. The number of nitrogen functional groups attached to an aromatic ring is 1. The van der Waals surface area contributed by atoms with Crippen molar-refractivity contribution in [3.8, 4) is 0 Å². The third-order valence-corrected chi connectivity index (χ3v) is 4.38. The SMILES string of the molecule is CC(C)c1ccccc1NS(=O)(=O)c1ccnc(NN)c1. The van der Waals surface area contributed by atoms with E-state index < -0.39 is 10.0 Å². The van der Waals surface area contributed by atoms with E-state index in [-0.39, 0.29) is 16.6 Å². The molecule has 0 radical (unpaired) electrons. The van der Waals surface area contributed by atoms with E-state index in [9.17, 15) is 8.42 Å². The van der Waals surface area contributed by atoms with Gasteiger partial charge in [-0.1, -0.05) is 32.0 Å². The molecule has 1 aromatic carbocycles. The van der Waals surface area contributed by atoms with E-state index in [2.05, 4.69) is 15.1 Å². The van der Waals surface area contributed by atoms with Crippen molar-refractivity contribution in [1.29, 1.82) is 0 Å². The zero-order chi connectivity index (χ0) is 15.5. The molecule has 1 aromatic heterocycles. The largest absolute Gasteiger partial charge is 0.308 e. The van der Waals surface area contributed by atoms with Crippen LogP contribution >= 0.6 is 0 Å². The summed E-state index contributed by atoms with van der Waals surface area (Å²) in [5, 5.41) is 0. The third kappa shape index (κ3) is 3.50. The normalized spacial score (nSPS) is 11.4. The van der Waals surface area contributed by atoms with Crippen LogP contribution < -0.4 is 16.0 Å². The highest BCUT2D eigenvalue weighted by Crippen LogP contribution is 2.26. The molecule has 0 atom stereocenters. The molecule has 0 unspecified atom stereocenters. The summed E-state index contributed by atoms with van der Waals surface area (Å²) < 4.78 is 27.5. The van der Waals surface area contributed by atoms with E-state index in [1.807, 2.05) is 26.0 Å². The Kier molecular flexibility index (Phi) is 4.44. The van der Waals surface area contributed by atoms with Crippen LogP contribution in [0.25, 0.3) is 0 Å². The lowest BCUT2D eigenvalue weighted by Gasteiger charge is -2.15. The molecule has 0 spiro atoms. The zero-order valence-electron chi connectivity index (χ0n) is 11.9. The predicted octanol–water partition coefficient (Wildman–Crippen LogP) is 2.29. The number of para-hydroxylation sites is 1. The number of anilines is 2. The molecule has 0 fully saturated rings. The van der Waals surface area contributed by atoms with Crippen molar-refractivity contribution in [3.63, 3.8) is 0 Å². The predicted molar refractivity (Wildman–Crippen MR) is 83.4 cm³/mol. The number of aromatic nitrogens is 1. The van der Waals surface area contributed by atoms with Gasteiger partial charge in [-0.2, -0.15) is 0 Å². The number of pyridine rings is 1. The molecule has 0 aliphatic heterocycles. The first-order valence-corrected chi connectivity index (χ1v) is 7.97. The Morgan fingerprint density at radius 3 is 2.57 bits per heavy atom. The van der Waals surface area contributed by atoms with Crippen molar-refractivity contribution in [1.82, 2.24) is 4.98 Å². The lowest BCUT2D eigenvalue weighted by atomic mass is 10.0. The summed E-state index contributed by atoms with van der Waals surface area (Å²) in [6, 6.07) is 10.1. The summed E-state index contributed by atoms with van der Waals surface area (Å²) in [5.74, 6) is 5.75. The van der Waals surface area contributed by atoms with E-state index in [0.29, 0.717) is 5.69 Å². The fourth-order valence-corrected chi connectivity index (χ4v) is 3.05. The number of benzene rings is 1. The number of nitrogens with two attached hydrogens (primary N) is 1. The molecule has 0 saturated carbocycles. The second-order valence-electron chi connectivity index (χ2n) is 4.87. The van der Waals surface area contributed by atoms with Crippen molar-refractivity contribution in [2.75, 3.05) is 10.1 Å². The summed E-state index contributed by atoms with van der Waals surface area (Å²) in [6.07, 6.45) is 1.39. The van der Waals surface area contributed by atoms with E-state index in [0.717, 1.165) is 5.56 Å². The lowest BCUT2D eigenvalue weighted by Crippen LogP contribution is -2.16. The zero-order valence-corrected chi connectivity index (χ0v) is 12.7. The van der Waals surface area contributed by atoms with Crippen LogP contribution in [0.2, 0.25) is 0 Å². The molecule has 21 heavy (non-hydrogen) atoms. The topological polar surface area (TPSA) is 97.1 Å². The van der Waals surface area contributed by atoms with Gasteiger partial charge >= 0.3 is 0 Å². The molecule has 7 heteroatoms. The standard InChI is InChI=1S/C14H18N4O2S/c1-10(2)12-5-3-4-6-13(12)18-21(19,20)11-7-8-16-14(9-11)17-15/h3-10,18H,15H2,1-2H3,(H,16,17). The average Bonchev–Trinajstić information content (AvgIpc) is 2.47. The smallest absolute Gasteiger partial charge is 0.262 e. The van der Waals surface area contributed by atoms with Gasteiger partial charge in [-0.05, 0) is 23.6 Å². The van der Waals surface area contributed by atoms with Crippen LogP contribution in [-0.4, -0.2) is 13.4 Å². The first kappa shape index (κ1) is 15.3. The van der Waals surface area contributed by atoms with Crippen molar-refractivity contribution < 1.29 is 8.42 Å². The maximum Gasteiger partial charge on any atom is 0.262 e. The van der Waals surface area contributed by atoms with Crippen LogP contribution in [0.4, 0.5) is 11.5 Å². The number of rotatable bonds is 5. The molecule has 2 aromatic rings. The summed E-state index contributed by atoms with van der Waals surface area (Å²) in [6.45, 7) is 4.02. The van der Waals surface area contributed by atoms with Crippen molar-refractivity contribution in [2.24, 2.45) is 5.84 Å². The first-order valence-electron chi connectivity index (χ1n) is 6.48. The van der Waals surface area contributed by atoms with E-state index in [1.54, 1.807) is 12.1 Å². The minimum Gasteiger partial charge on any atom is -0.308 e. The quantitative estimate of drug-likeness (QED) is 0.581. The number of nitrogens with zero attached hydrogens (tertiary/aromatic N) is 1. The van der Waals surface area contributed by atoms with Crippen molar-refractivity contribution in [3.05, 3.63) is 48.2 Å². The van der Waals surface area contributed by atoms with Crippen LogP contribution in [0.5, 0.6) is 0 Å². The molecule has 0 amide bonds. The van der Waals surface area contributed by atoms with Gasteiger partial charge in [-0.15, -0.1) is 0 Å². The molecule has 1 heterocycles. The van der Waals surface area contributed by atoms with Crippen LogP contribution in [0.3, 0.4) is 0 Å². The monoisotopic (exact) mass is 306 g/mol. The maximum absolute atomic E-state index is 12.4. The van der Waals surface area contributed by atoms with Crippen LogP contribution in [-0.2, 0) is 10.0 Å². The van der Waals surface area contributed by atoms with Crippen LogP contribution in [0.15, 0.2) is 47.5 Å². The molecule has 6 nitrogen and oxygen atoms in total. The molecular weight excluding hydrogens is 288 g/mol. The highest BCUT2D eigenvalue weighted by atomic mass is 32.2. The molecule has 0 bridgehead atoms. The van der Waals surface area contributed by atoms with Gasteiger partial charge < -0.3 is 5.43 Å². The van der Waals surface area contributed by atoms with Crippen LogP contribution in [0, 0.1) is 0 Å². The number of sulfonamides is 1. The Bertz CT molecular complexity index is 729. The van der Waals surface area contributed by atoms with Gasteiger partial charge in [0.15, 0.2) is 0 Å². The second-order valence-corrected chi connectivity index (χ2v) is 6.55. The number of hydrogen-bond donors (Lipinski definition) is 3. The second kappa shape index (κ2) is 6.11. The van der Waals surface area contributed by atoms with Crippen molar-refractivity contribution >= 4 is 21.5 Å². The molecule has 2 rings (SSSR count). The van der Waals surface area contributed by atoms with Gasteiger partial charge in [0.1, 0.15) is 5.82 Å². The fourth-order valence-electron chi connectivity index (χ4n) is 1.95. The van der Waals surface area contributed by atoms with Crippen molar-refractivity contribution in [2.45, 2.75) is 24.7 Å². The fraction of sp³-hybridized carbons (Fsp3) is 0.214. The highest BCUT2D eigenvalue weighted by Gasteiger charge is 2.17. The van der Waals surface area contributed by atoms with E-state index in [4.69, 9.17) is 5.84 Å². The highest BCUT2D eigenvalue weighted by molar-refractivity contribution is 7.92. The Morgan fingerprint density at radius 1 is 1.19 bits per heavy atom. The van der Waals surface area contributed by atoms with E-state index in [1.165, 1.54) is 18.3 Å². The van der Waals surface area contributed by atoms with Gasteiger partial charge in [-0.25, -0.2) is 19.2 Å². The molecule has 4 N–H and O–H groups in total. The number of hydrogen-bond acceptors (Lipinski definition) is 5. The van der Waals surface area contributed by atoms with Gasteiger partial charge in [0.2, 0.25) is 0 Å².